The van der Waals surface area contributed by atoms with Crippen LogP contribution in [-0.4, -0.2) is 42.7 Å². The number of rotatable bonds is 9. The molecule has 1 aromatic heterocycles. The molecule has 1 N–H and O–H groups in total. The molecule has 1 unspecified atom stereocenters. The van der Waals surface area contributed by atoms with Crippen LogP contribution in [-0.2, 0) is 17.9 Å². The van der Waals surface area contributed by atoms with Crippen LogP contribution >= 0.6 is 11.3 Å². The lowest BCUT2D eigenvalue weighted by molar-refractivity contribution is 0.0333. The van der Waals surface area contributed by atoms with E-state index in [0.29, 0.717) is 6.61 Å². The molecule has 1 atom stereocenters. The summed E-state index contributed by atoms with van der Waals surface area (Å²) in [6, 6.07) is 19.0. The van der Waals surface area contributed by atoms with Crippen LogP contribution in [0.3, 0.4) is 0 Å². The number of nitrogens with one attached hydrogen (secondary N) is 1. The first-order chi connectivity index (χ1) is 14.8. The maximum absolute atomic E-state index is 5.86. The van der Waals surface area contributed by atoms with Gasteiger partial charge in [0.1, 0.15) is 17.4 Å². The number of hydrogen-bond donors (Lipinski definition) is 1. The molecule has 30 heavy (non-hydrogen) atoms. The van der Waals surface area contributed by atoms with Gasteiger partial charge in [-0.05, 0) is 24.6 Å². The Labute approximate surface area is 182 Å². The topological polar surface area (TPSA) is 46.6 Å². The molecule has 1 fully saturated rings. The molecule has 5 nitrogen and oxygen atoms in total. The zero-order chi connectivity index (χ0) is 20.6. The number of nitrogens with zero attached hydrogens (tertiary/aromatic N) is 2. The smallest absolute Gasteiger partial charge is 0.140 e. The molecule has 0 bridgehead atoms. The molecule has 0 aliphatic carbocycles. The van der Waals surface area contributed by atoms with Crippen molar-refractivity contribution in [2.45, 2.75) is 26.1 Å². The highest BCUT2D eigenvalue weighted by atomic mass is 32.1. The summed E-state index contributed by atoms with van der Waals surface area (Å²) in [6.07, 6.45) is 0. The van der Waals surface area contributed by atoms with E-state index in [1.54, 1.807) is 11.3 Å². The second kappa shape index (κ2) is 10.7. The van der Waals surface area contributed by atoms with Crippen molar-refractivity contribution < 1.29 is 9.47 Å². The van der Waals surface area contributed by atoms with E-state index in [1.807, 2.05) is 12.1 Å². The van der Waals surface area contributed by atoms with Gasteiger partial charge >= 0.3 is 0 Å². The summed E-state index contributed by atoms with van der Waals surface area (Å²) in [5.41, 5.74) is 3.60. The predicted octanol–water partition coefficient (Wildman–Crippen LogP) is 4.19. The number of benzene rings is 2. The zero-order valence-corrected chi connectivity index (χ0v) is 18.2. The number of thiazole rings is 1. The third-order valence-corrected chi connectivity index (χ3v) is 6.13. The fourth-order valence-electron chi connectivity index (χ4n) is 3.52. The van der Waals surface area contributed by atoms with Gasteiger partial charge in [-0.25, -0.2) is 4.98 Å². The molecule has 4 rings (SSSR count). The molecule has 1 aliphatic heterocycles. The lowest BCUT2D eigenvalue weighted by atomic mass is 10.1. The van der Waals surface area contributed by atoms with Gasteiger partial charge in [0.2, 0.25) is 0 Å². The van der Waals surface area contributed by atoms with Gasteiger partial charge in [-0.3, -0.25) is 4.90 Å². The molecule has 3 aromatic rings. The minimum atomic E-state index is 0.262. The Hall–Kier alpha value is -2.25. The van der Waals surface area contributed by atoms with E-state index in [0.717, 1.165) is 55.8 Å². The van der Waals surface area contributed by atoms with E-state index in [1.165, 1.54) is 11.1 Å². The molecule has 2 aromatic carbocycles. The van der Waals surface area contributed by atoms with E-state index in [4.69, 9.17) is 14.5 Å². The van der Waals surface area contributed by atoms with E-state index in [-0.39, 0.29) is 6.04 Å². The van der Waals surface area contributed by atoms with Gasteiger partial charge in [0.05, 0.1) is 18.9 Å². The fraction of sp³-hybridized carbons (Fsp3) is 0.375. The Balaban J connectivity index is 1.33. The molecule has 1 aliphatic rings. The number of morpholine rings is 1. The van der Waals surface area contributed by atoms with Crippen LogP contribution in [0.15, 0.2) is 60.0 Å². The third-order valence-electron chi connectivity index (χ3n) is 5.26. The molecular formula is C24H29N3O2S. The summed E-state index contributed by atoms with van der Waals surface area (Å²) >= 11 is 1.65. The Bertz CT molecular complexity index is 892. The zero-order valence-electron chi connectivity index (χ0n) is 17.4. The van der Waals surface area contributed by atoms with Crippen molar-refractivity contribution in [1.82, 2.24) is 15.2 Å². The summed E-state index contributed by atoms with van der Waals surface area (Å²) in [7, 11) is 0. The standard InChI is InChI=1S/C24H29N3O2S/c1-19-7-9-22(10-8-19)29-17-24-26-21(18-30-24)15-25-23(20-5-3-2-4-6-20)16-27-11-13-28-14-12-27/h2-10,18,23,25H,11-17H2,1H3. The molecule has 0 saturated carbocycles. The number of ether oxygens (including phenoxy) is 2. The molecule has 2 heterocycles. The van der Waals surface area contributed by atoms with Crippen LogP contribution in [0.1, 0.15) is 27.9 Å². The van der Waals surface area contributed by atoms with Gasteiger partial charge in [0.15, 0.2) is 0 Å². The van der Waals surface area contributed by atoms with Crippen molar-refractivity contribution >= 4 is 11.3 Å². The Morgan fingerprint density at radius 2 is 1.87 bits per heavy atom. The van der Waals surface area contributed by atoms with Crippen LogP contribution in [0, 0.1) is 6.92 Å². The van der Waals surface area contributed by atoms with E-state index in [9.17, 15) is 0 Å². The van der Waals surface area contributed by atoms with E-state index >= 15 is 0 Å². The van der Waals surface area contributed by atoms with Crippen molar-refractivity contribution in [3.05, 3.63) is 81.8 Å². The molecule has 0 amide bonds. The Morgan fingerprint density at radius 1 is 1.10 bits per heavy atom. The normalized spacial score (nSPS) is 15.8. The minimum absolute atomic E-state index is 0.262. The Morgan fingerprint density at radius 3 is 2.63 bits per heavy atom. The predicted molar refractivity (Wildman–Crippen MR) is 121 cm³/mol. The fourth-order valence-corrected chi connectivity index (χ4v) is 4.22. The van der Waals surface area contributed by atoms with Gasteiger partial charge in [0, 0.05) is 37.6 Å². The second-order valence-electron chi connectivity index (χ2n) is 7.59. The van der Waals surface area contributed by atoms with Gasteiger partial charge < -0.3 is 14.8 Å². The monoisotopic (exact) mass is 423 g/mol. The SMILES string of the molecule is Cc1ccc(OCc2nc(CNC(CN3CCOCC3)c3ccccc3)cs2)cc1. The van der Waals surface area contributed by atoms with Crippen LogP contribution in [0.5, 0.6) is 5.75 Å². The first-order valence-corrected chi connectivity index (χ1v) is 11.4. The maximum Gasteiger partial charge on any atom is 0.140 e. The lowest BCUT2D eigenvalue weighted by Crippen LogP contribution is -2.41. The van der Waals surface area contributed by atoms with Gasteiger partial charge in [0.25, 0.3) is 0 Å². The average molecular weight is 424 g/mol. The third kappa shape index (κ3) is 6.12. The maximum atomic E-state index is 5.86. The van der Waals surface area contributed by atoms with Crippen molar-refractivity contribution in [2.24, 2.45) is 0 Å². The van der Waals surface area contributed by atoms with Gasteiger partial charge in [-0.1, -0.05) is 48.0 Å². The summed E-state index contributed by atoms with van der Waals surface area (Å²) < 4.78 is 11.4. The Kier molecular flexibility index (Phi) is 7.48. The number of aryl methyl sites for hydroxylation is 1. The van der Waals surface area contributed by atoms with E-state index in [2.05, 4.69) is 65.0 Å². The van der Waals surface area contributed by atoms with Crippen molar-refractivity contribution in [3.8, 4) is 5.75 Å². The quantitative estimate of drug-likeness (QED) is 0.559. The molecule has 0 spiro atoms. The number of aromatic nitrogens is 1. The van der Waals surface area contributed by atoms with Crippen LogP contribution < -0.4 is 10.1 Å². The average Bonchev–Trinajstić information content (AvgIpc) is 3.25. The van der Waals surface area contributed by atoms with Crippen molar-refractivity contribution in [1.29, 1.82) is 0 Å². The van der Waals surface area contributed by atoms with Crippen LogP contribution in [0.25, 0.3) is 0 Å². The highest BCUT2D eigenvalue weighted by Crippen LogP contribution is 2.19. The number of hydrogen-bond acceptors (Lipinski definition) is 6. The molecule has 158 valence electrons. The first kappa shape index (κ1) is 21.0. The lowest BCUT2D eigenvalue weighted by Gasteiger charge is -2.31. The molecule has 6 heteroatoms. The molecular weight excluding hydrogens is 394 g/mol. The van der Waals surface area contributed by atoms with Crippen molar-refractivity contribution in [3.63, 3.8) is 0 Å². The van der Waals surface area contributed by atoms with Crippen LogP contribution in [0.2, 0.25) is 0 Å². The van der Waals surface area contributed by atoms with Crippen LogP contribution in [0.4, 0.5) is 0 Å². The van der Waals surface area contributed by atoms with Gasteiger partial charge in [-0.15, -0.1) is 11.3 Å². The highest BCUT2D eigenvalue weighted by Gasteiger charge is 2.18. The largest absolute Gasteiger partial charge is 0.486 e. The summed E-state index contributed by atoms with van der Waals surface area (Å²) in [5.74, 6) is 0.880. The summed E-state index contributed by atoms with van der Waals surface area (Å²) in [5, 5.41) is 6.83. The first-order valence-electron chi connectivity index (χ1n) is 10.5. The van der Waals surface area contributed by atoms with E-state index < -0.39 is 0 Å². The minimum Gasteiger partial charge on any atom is -0.486 e. The molecule has 0 radical (unpaired) electrons. The summed E-state index contributed by atoms with van der Waals surface area (Å²) in [6.45, 7) is 7.90. The highest BCUT2D eigenvalue weighted by molar-refractivity contribution is 7.09. The summed E-state index contributed by atoms with van der Waals surface area (Å²) in [4.78, 5) is 7.22. The second-order valence-corrected chi connectivity index (χ2v) is 8.53. The van der Waals surface area contributed by atoms with Gasteiger partial charge in [-0.2, -0.15) is 0 Å². The van der Waals surface area contributed by atoms with Crippen molar-refractivity contribution in [2.75, 3.05) is 32.8 Å². The molecule has 1 saturated heterocycles.